The van der Waals surface area contributed by atoms with Gasteiger partial charge < -0.3 is 24.9 Å². The fourth-order valence-corrected chi connectivity index (χ4v) is 3.63. The fourth-order valence-electron chi connectivity index (χ4n) is 3.63. The number of aromatic amines is 1. The van der Waals surface area contributed by atoms with Crippen molar-refractivity contribution in [1.29, 1.82) is 0 Å². The first-order chi connectivity index (χ1) is 18.4. The summed E-state index contributed by atoms with van der Waals surface area (Å²) in [6, 6.07) is 20.7. The number of nitrogens with zero attached hydrogens (tertiary/aromatic N) is 3. The summed E-state index contributed by atoms with van der Waals surface area (Å²) in [5.41, 5.74) is 14.4. The number of fused-ring (bicyclic) bond motifs is 1. The number of nitrogen functional groups attached to an aromatic ring is 1. The van der Waals surface area contributed by atoms with Gasteiger partial charge in [-0.3, -0.25) is 11.1 Å². The predicted octanol–water partition coefficient (Wildman–Crippen LogP) is 2.65. The number of ether oxygens (including phenoxy) is 3. The summed E-state index contributed by atoms with van der Waals surface area (Å²) < 4.78 is 17.5. The number of benzene rings is 3. The lowest BCUT2D eigenvalue weighted by Gasteiger charge is -2.12. The molecule has 0 bridgehead atoms. The zero-order valence-corrected chi connectivity index (χ0v) is 20.3. The number of nitrogens with one attached hydrogen (secondary N) is 1. The number of hydrogen-bond donors (Lipinski definition) is 4. The van der Waals surface area contributed by atoms with Crippen LogP contribution in [0.4, 0.5) is 5.69 Å². The lowest BCUT2D eigenvalue weighted by Crippen LogP contribution is -2.46. The quantitative estimate of drug-likeness (QED) is 0.106. The average molecular weight is 511 g/mol. The van der Waals surface area contributed by atoms with Crippen LogP contribution in [0.1, 0.15) is 27.3 Å². The highest BCUT2D eigenvalue weighted by Gasteiger charge is 2.21. The molecule has 0 unspecified atom stereocenters. The molecule has 0 radical (unpaired) electrons. The van der Waals surface area contributed by atoms with Crippen LogP contribution in [-0.4, -0.2) is 31.7 Å². The Morgan fingerprint density at radius 3 is 2.55 bits per heavy atom. The Kier molecular flexibility index (Phi) is 6.55. The summed E-state index contributed by atoms with van der Waals surface area (Å²) >= 11 is 0. The Morgan fingerprint density at radius 2 is 1.79 bits per heavy atom. The summed E-state index contributed by atoms with van der Waals surface area (Å²) in [5.74, 6) is 0.742. The molecule has 5 aromatic rings. The molecule has 38 heavy (non-hydrogen) atoms. The summed E-state index contributed by atoms with van der Waals surface area (Å²) in [7, 11) is 0. The van der Waals surface area contributed by atoms with Gasteiger partial charge in [-0.1, -0.05) is 36.4 Å². The lowest BCUT2D eigenvalue weighted by atomic mass is 10.1. The van der Waals surface area contributed by atoms with E-state index < -0.39 is 5.97 Å². The molecule has 0 fully saturated rings. The largest absolute Gasteiger partial charge is 0.457 e. The van der Waals surface area contributed by atoms with Gasteiger partial charge in [-0.25, -0.2) is 9.78 Å². The van der Waals surface area contributed by atoms with E-state index in [0.717, 1.165) is 5.56 Å². The van der Waals surface area contributed by atoms with Gasteiger partial charge in [0, 0.05) is 11.8 Å². The van der Waals surface area contributed by atoms with E-state index in [1.807, 2.05) is 30.3 Å². The topological polar surface area (TPSA) is 177 Å². The van der Waals surface area contributed by atoms with Crippen LogP contribution < -0.4 is 26.4 Å². The molecule has 0 aliphatic carbocycles. The van der Waals surface area contributed by atoms with E-state index >= 15 is 0 Å². The van der Waals surface area contributed by atoms with Gasteiger partial charge in [0.15, 0.2) is 5.65 Å². The van der Waals surface area contributed by atoms with Crippen LogP contribution >= 0.6 is 0 Å². The first-order valence-electron chi connectivity index (χ1n) is 11.5. The van der Waals surface area contributed by atoms with Crippen molar-refractivity contribution in [3.8, 4) is 23.4 Å². The van der Waals surface area contributed by atoms with Crippen molar-refractivity contribution >= 4 is 28.7 Å². The molecule has 5 rings (SSSR count). The number of hydrogen-bond acceptors (Lipinski definition) is 8. The molecule has 0 aliphatic heterocycles. The molecule has 11 nitrogen and oxygen atoms in total. The van der Waals surface area contributed by atoms with E-state index in [1.54, 1.807) is 37.3 Å². The van der Waals surface area contributed by atoms with Crippen molar-refractivity contribution in [2.45, 2.75) is 13.5 Å². The Morgan fingerprint density at radius 1 is 0.974 bits per heavy atom. The monoisotopic (exact) mass is 510 g/mol. The summed E-state index contributed by atoms with van der Waals surface area (Å²) in [6.45, 7) is 1.86. The average Bonchev–Trinajstić information content (AvgIpc) is 3.28. The van der Waals surface area contributed by atoms with Gasteiger partial charge in [0.25, 0.3) is 11.7 Å². The van der Waals surface area contributed by atoms with Crippen LogP contribution in [0.25, 0.3) is 11.2 Å². The normalized spacial score (nSPS) is 10.8. The molecular formula is C27H24N7O4+. The van der Waals surface area contributed by atoms with E-state index in [4.69, 9.17) is 31.1 Å². The number of nitrogens with two attached hydrogens (primary N) is 3. The highest BCUT2D eigenvalue weighted by molar-refractivity contribution is 5.97. The first kappa shape index (κ1) is 24.3. The smallest absolute Gasteiger partial charge is 0.342 e. The summed E-state index contributed by atoms with van der Waals surface area (Å²) in [6.07, 6.45) is 0. The second kappa shape index (κ2) is 10.3. The molecule has 2 heterocycles. The van der Waals surface area contributed by atoms with Gasteiger partial charge in [-0.05, 0) is 42.8 Å². The number of amidine groups is 1. The highest BCUT2D eigenvalue weighted by atomic mass is 16.5. The van der Waals surface area contributed by atoms with Crippen molar-refractivity contribution in [1.82, 2.24) is 19.9 Å². The Labute approximate surface area is 216 Å². The SMILES string of the molecule is Cc1nc2nc(Oc3cc(C(N)=[NH2+])ccc3C(=O)OCc3ccccc3)nc(Oc3cccc(N)c3)c2[nH]1. The zero-order chi connectivity index (χ0) is 26.6. The maximum absolute atomic E-state index is 13.0. The number of carbonyl (C=O) groups is 1. The van der Waals surface area contributed by atoms with Crippen LogP contribution in [0.3, 0.4) is 0 Å². The van der Waals surface area contributed by atoms with Crippen LogP contribution in [0.5, 0.6) is 23.4 Å². The molecule has 11 heteroatoms. The molecule has 190 valence electrons. The second-order valence-corrected chi connectivity index (χ2v) is 8.34. The molecule has 3 aromatic carbocycles. The minimum atomic E-state index is -0.612. The number of carbonyl (C=O) groups excluding carboxylic acids is 1. The molecule has 0 amide bonds. The van der Waals surface area contributed by atoms with E-state index in [1.165, 1.54) is 12.1 Å². The van der Waals surface area contributed by atoms with Crippen molar-refractivity contribution < 1.29 is 24.4 Å². The van der Waals surface area contributed by atoms with Crippen LogP contribution in [0.15, 0.2) is 72.8 Å². The van der Waals surface area contributed by atoms with Gasteiger partial charge in [0.1, 0.15) is 35.0 Å². The lowest BCUT2D eigenvalue weighted by molar-refractivity contribution is -0.114. The van der Waals surface area contributed by atoms with Crippen LogP contribution in [-0.2, 0) is 11.3 Å². The number of anilines is 1. The van der Waals surface area contributed by atoms with Crippen molar-refractivity contribution in [2.75, 3.05) is 5.73 Å². The van der Waals surface area contributed by atoms with Gasteiger partial charge in [-0.2, -0.15) is 9.97 Å². The van der Waals surface area contributed by atoms with E-state index in [-0.39, 0.29) is 35.6 Å². The minimum absolute atomic E-state index is 0.0454. The predicted molar refractivity (Wildman–Crippen MR) is 140 cm³/mol. The van der Waals surface area contributed by atoms with Crippen LogP contribution in [0.2, 0.25) is 0 Å². The van der Waals surface area contributed by atoms with Gasteiger partial charge in [-0.15, -0.1) is 0 Å². The van der Waals surface area contributed by atoms with Crippen molar-refractivity contribution in [3.05, 3.63) is 95.3 Å². The molecule has 2 aromatic heterocycles. The molecule has 0 aliphatic rings. The molecule has 0 atom stereocenters. The second-order valence-electron chi connectivity index (χ2n) is 8.34. The highest BCUT2D eigenvalue weighted by Crippen LogP contribution is 2.32. The Balaban J connectivity index is 1.50. The first-order valence-corrected chi connectivity index (χ1v) is 11.5. The maximum Gasteiger partial charge on any atom is 0.342 e. The van der Waals surface area contributed by atoms with Crippen LogP contribution in [0, 0.1) is 6.92 Å². The third kappa shape index (κ3) is 5.36. The molecular weight excluding hydrogens is 486 g/mol. The van der Waals surface area contributed by atoms with Gasteiger partial charge in [0.05, 0.1) is 5.56 Å². The minimum Gasteiger partial charge on any atom is -0.457 e. The maximum atomic E-state index is 13.0. The number of aromatic nitrogens is 4. The number of esters is 1. The number of H-pyrrole nitrogens is 1. The van der Waals surface area contributed by atoms with E-state index in [2.05, 4.69) is 19.9 Å². The molecule has 7 N–H and O–H groups in total. The number of rotatable bonds is 8. The molecule has 0 spiro atoms. The third-order valence-corrected chi connectivity index (χ3v) is 5.44. The summed E-state index contributed by atoms with van der Waals surface area (Å²) in [4.78, 5) is 29.2. The van der Waals surface area contributed by atoms with Crippen molar-refractivity contribution in [2.24, 2.45) is 5.73 Å². The van der Waals surface area contributed by atoms with E-state index in [9.17, 15) is 4.79 Å². The van der Waals surface area contributed by atoms with E-state index in [0.29, 0.717) is 34.0 Å². The van der Waals surface area contributed by atoms with Gasteiger partial charge in [0.2, 0.25) is 0 Å². The Hall–Kier alpha value is -5.45. The fraction of sp³-hybridized carbons (Fsp3) is 0.0741. The summed E-state index contributed by atoms with van der Waals surface area (Å²) in [5, 5.41) is 5.78. The molecule has 0 saturated carbocycles. The number of imidazole rings is 1. The molecule has 0 saturated heterocycles. The van der Waals surface area contributed by atoms with Crippen molar-refractivity contribution in [3.63, 3.8) is 0 Å². The third-order valence-electron chi connectivity index (χ3n) is 5.44. The number of aryl methyl sites for hydroxylation is 1. The standard InChI is InChI=1S/C27H23N7O4/c1-15-31-22-24(32-15)33-27(34-25(22)37-19-9-5-8-18(28)13-19)38-21-12-17(23(29)30)10-11-20(21)26(35)36-14-16-6-3-2-4-7-16/h2-13H,14,28H2,1H3,(H3,29,30)(H,31,32,33,34)/p+1. The van der Waals surface area contributed by atoms with Gasteiger partial charge >= 0.3 is 12.0 Å². The zero-order valence-electron chi connectivity index (χ0n) is 20.3. The Bertz CT molecular complexity index is 1650.